The minimum absolute atomic E-state index is 0.235. The molecule has 0 N–H and O–H groups in total. The van der Waals surface area contributed by atoms with Gasteiger partial charge in [-0.3, -0.25) is 4.79 Å². The van der Waals surface area contributed by atoms with E-state index in [1.807, 2.05) is 24.3 Å². The predicted octanol–water partition coefficient (Wildman–Crippen LogP) is 1.21. The molecule has 0 saturated heterocycles. The van der Waals surface area contributed by atoms with Gasteiger partial charge in [0.05, 0.1) is 19.4 Å². The minimum Gasteiger partial charge on any atom is -0.464 e. The van der Waals surface area contributed by atoms with Gasteiger partial charge in [0.1, 0.15) is 0 Å². The second-order valence-corrected chi connectivity index (χ2v) is 4.34. The molecule has 110 valence electrons. The van der Waals surface area contributed by atoms with Crippen LogP contribution in [0.4, 0.5) is 0 Å². The second-order valence-electron chi connectivity index (χ2n) is 4.34. The van der Waals surface area contributed by atoms with Crippen LogP contribution in [0.25, 0.3) is 5.69 Å². The van der Waals surface area contributed by atoms with Crippen molar-refractivity contribution in [3.8, 4) is 5.69 Å². The van der Waals surface area contributed by atoms with Gasteiger partial charge in [0.15, 0.2) is 0 Å². The number of carbonyl (C=O) groups excluding carboxylic acids is 1. The van der Waals surface area contributed by atoms with Crippen LogP contribution in [0.2, 0.25) is 0 Å². The van der Waals surface area contributed by atoms with Crippen LogP contribution in [0.15, 0.2) is 41.3 Å². The largest absolute Gasteiger partial charge is 0.464 e. The van der Waals surface area contributed by atoms with Gasteiger partial charge < -0.3 is 9.47 Å². The average molecular weight is 288 g/mol. The van der Waals surface area contributed by atoms with Gasteiger partial charge in [0.25, 0.3) is 0 Å². The lowest BCUT2D eigenvalue weighted by atomic mass is 10.1. The smallest absolute Gasteiger partial charge is 0.362 e. The Morgan fingerprint density at radius 3 is 2.71 bits per heavy atom. The third-order valence-electron chi connectivity index (χ3n) is 3.00. The fourth-order valence-electron chi connectivity index (χ4n) is 1.94. The van der Waals surface area contributed by atoms with Crippen molar-refractivity contribution in [2.75, 3.05) is 20.8 Å². The molecule has 21 heavy (non-hydrogen) atoms. The summed E-state index contributed by atoms with van der Waals surface area (Å²) in [6.45, 7) is 0.571. The van der Waals surface area contributed by atoms with Crippen molar-refractivity contribution >= 4 is 5.97 Å². The SMILES string of the molecule is COCCc1ccccc1-n1ccc(=O)c(C(=O)OC)n1. The molecule has 0 saturated carbocycles. The highest BCUT2D eigenvalue weighted by Gasteiger charge is 2.14. The molecule has 2 aromatic rings. The van der Waals surface area contributed by atoms with Crippen LogP contribution in [-0.2, 0) is 15.9 Å². The van der Waals surface area contributed by atoms with E-state index in [9.17, 15) is 9.59 Å². The Morgan fingerprint density at radius 1 is 1.24 bits per heavy atom. The minimum atomic E-state index is -0.747. The molecular weight excluding hydrogens is 272 g/mol. The van der Waals surface area contributed by atoms with Crippen molar-refractivity contribution < 1.29 is 14.3 Å². The quantitative estimate of drug-likeness (QED) is 0.773. The van der Waals surface area contributed by atoms with Crippen molar-refractivity contribution in [3.63, 3.8) is 0 Å². The van der Waals surface area contributed by atoms with E-state index >= 15 is 0 Å². The highest BCUT2D eigenvalue weighted by atomic mass is 16.5. The van der Waals surface area contributed by atoms with E-state index in [1.54, 1.807) is 7.11 Å². The Bertz CT molecular complexity index is 694. The summed E-state index contributed by atoms with van der Waals surface area (Å²) in [6.07, 6.45) is 2.23. The molecule has 0 amide bonds. The first kappa shape index (κ1) is 14.9. The molecule has 0 aliphatic rings. The van der Waals surface area contributed by atoms with E-state index in [4.69, 9.17) is 4.74 Å². The van der Waals surface area contributed by atoms with E-state index in [0.717, 1.165) is 11.3 Å². The number of hydrogen-bond donors (Lipinski definition) is 0. The van der Waals surface area contributed by atoms with Crippen LogP contribution in [0.3, 0.4) is 0 Å². The molecular formula is C15H16N2O4. The first-order valence-electron chi connectivity index (χ1n) is 6.43. The molecule has 0 bridgehead atoms. The Morgan fingerprint density at radius 2 is 2.00 bits per heavy atom. The maximum Gasteiger partial charge on any atom is 0.362 e. The van der Waals surface area contributed by atoms with Gasteiger partial charge in [-0.2, -0.15) is 5.10 Å². The fraction of sp³-hybridized carbons (Fsp3) is 0.267. The third kappa shape index (κ3) is 3.35. The molecule has 0 unspecified atom stereocenters. The second kappa shape index (κ2) is 6.81. The van der Waals surface area contributed by atoms with Gasteiger partial charge in [-0.15, -0.1) is 0 Å². The summed E-state index contributed by atoms with van der Waals surface area (Å²) in [5, 5.41) is 4.07. The fourth-order valence-corrected chi connectivity index (χ4v) is 1.94. The summed E-state index contributed by atoms with van der Waals surface area (Å²) >= 11 is 0. The first-order chi connectivity index (χ1) is 10.2. The van der Waals surface area contributed by atoms with Gasteiger partial charge in [-0.1, -0.05) is 18.2 Å². The molecule has 0 fully saturated rings. The maximum atomic E-state index is 11.7. The summed E-state index contributed by atoms with van der Waals surface area (Å²) in [5.74, 6) is -0.747. The Kier molecular flexibility index (Phi) is 4.84. The number of methoxy groups -OCH3 is 2. The molecule has 6 heteroatoms. The van der Waals surface area contributed by atoms with Crippen LogP contribution in [0.1, 0.15) is 16.1 Å². The van der Waals surface area contributed by atoms with E-state index < -0.39 is 11.4 Å². The number of para-hydroxylation sites is 1. The van der Waals surface area contributed by atoms with E-state index in [2.05, 4.69) is 9.84 Å². The molecule has 2 rings (SSSR count). The van der Waals surface area contributed by atoms with Gasteiger partial charge in [0.2, 0.25) is 11.1 Å². The van der Waals surface area contributed by atoms with E-state index in [0.29, 0.717) is 13.0 Å². The highest BCUT2D eigenvalue weighted by molar-refractivity contribution is 5.86. The van der Waals surface area contributed by atoms with Gasteiger partial charge >= 0.3 is 5.97 Å². The van der Waals surface area contributed by atoms with Crippen LogP contribution >= 0.6 is 0 Å². The normalized spacial score (nSPS) is 10.4. The Hall–Kier alpha value is -2.47. The summed E-state index contributed by atoms with van der Waals surface area (Å²) in [4.78, 5) is 23.2. The van der Waals surface area contributed by atoms with Crippen molar-refractivity contribution in [3.05, 3.63) is 58.0 Å². The number of carbonyl (C=O) groups is 1. The van der Waals surface area contributed by atoms with Crippen LogP contribution < -0.4 is 5.43 Å². The maximum absolute atomic E-state index is 11.7. The molecule has 0 aliphatic carbocycles. The molecule has 1 aromatic heterocycles. The van der Waals surface area contributed by atoms with Crippen molar-refractivity contribution in [2.45, 2.75) is 6.42 Å². The molecule has 0 atom stereocenters. The van der Waals surface area contributed by atoms with Crippen LogP contribution in [0, 0.1) is 0 Å². The summed E-state index contributed by atoms with van der Waals surface area (Å²) in [6, 6.07) is 8.89. The van der Waals surface area contributed by atoms with Gasteiger partial charge in [0, 0.05) is 19.4 Å². The Labute approximate surface area is 121 Å². The predicted molar refractivity (Wildman–Crippen MR) is 76.8 cm³/mol. The zero-order valence-corrected chi connectivity index (χ0v) is 11.9. The zero-order valence-electron chi connectivity index (χ0n) is 11.9. The lowest BCUT2D eigenvalue weighted by molar-refractivity contribution is 0.0590. The molecule has 0 radical (unpaired) electrons. The van der Waals surface area contributed by atoms with Crippen LogP contribution in [-0.4, -0.2) is 36.6 Å². The number of hydrogen-bond acceptors (Lipinski definition) is 5. The summed E-state index contributed by atoms with van der Waals surface area (Å²) < 4.78 is 11.1. The standard InChI is InChI=1S/C15H16N2O4/c1-20-10-8-11-5-3-4-6-12(11)17-9-7-13(18)14(16-17)15(19)21-2/h3-7,9H,8,10H2,1-2H3. The van der Waals surface area contributed by atoms with Crippen molar-refractivity contribution in [1.82, 2.24) is 9.78 Å². The molecule has 0 aliphatic heterocycles. The Balaban J connectivity index is 2.47. The number of esters is 1. The first-order valence-corrected chi connectivity index (χ1v) is 6.43. The zero-order chi connectivity index (χ0) is 15.2. The van der Waals surface area contributed by atoms with E-state index in [-0.39, 0.29) is 5.69 Å². The number of ether oxygens (including phenoxy) is 2. The molecule has 0 spiro atoms. The highest BCUT2D eigenvalue weighted by Crippen LogP contribution is 2.13. The van der Waals surface area contributed by atoms with E-state index in [1.165, 1.54) is 24.1 Å². The lowest BCUT2D eigenvalue weighted by Crippen LogP contribution is -2.22. The third-order valence-corrected chi connectivity index (χ3v) is 3.00. The summed E-state index contributed by atoms with van der Waals surface area (Å²) in [7, 11) is 2.85. The number of rotatable bonds is 5. The molecule has 1 heterocycles. The lowest BCUT2D eigenvalue weighted by Gasteiger charge is -2.11. The molecule has 1 aromatic carbocycles. The van der Waals surface area contributed by atoms with Gasteiger partial charge in [-0.25, -0.2) is 9.48 Å². The molecule has 6 nitrogen and oxygen atoms in total. The monoisotopic (exact) mass is 288 g/mol. The summed E-state index contributed by atoms with van der Waals surface area (Å²) in [5.41, 5.74) is 1.10. The van der Waals surface area contributed by atoms with Crippen molar-refractivity contribution in [1.29, 1.82) is 0 Å². The van der Waals surface area contributed by atoms with Crippen LogP contribution in [0.5, 0.6) is 0 Å². The number of aromatic nitrogens is 2. The average Bonchev–Trinajstić information content (AvgIpc) is 2.53. The number of benzene rings is 1. The topological polar surface area (TPSA) is 70.4 Å². The van der Waals surface area contributed by atoms with Crippen molar-refractivity contribution in [2.24, 2.45) is 0 Å². The van der Waals surface area contributed by atoms with Gasteiger partial charge in [-0.05, 0) is 18.1 Å². The number of nitrogens with zero attached hydrogens (tertiary/aromatic N) is 2.